The van der Waals surface area contributed by atoms with Crippen LogP contribution in [0.5, 0.6) is 0 Å². The fraction of sp³-hybridized carbons (Fsp3) is 0.0909. The molecule has 0 bridgehead atoms. The molecular weight excluding hydrogens is 386 g/mol. The standard InChI is InChI=1S/C22H17N3O3S/c1-25(13-19-23-17-10-5-4-9-16(17)21(27)24-19)22(28)15-8-3-2-7-14(15)20(26)18-11-6-12-29-18/h2-12H,13H2,1H3,(H,23,24,27). The lowest BCUT2D eigenvalue weighted by atomic mass is 10.0. The van der Waals surface area contributed by atoms with Gasteiger partial charge in [0.25, 0.3) is 11.5 Å². The van der Waals surface area contributed by atoms with Crippen LogP contribution in [0.2, 0.25) is 0 Å². The van der Waals surface area contributed by atoms with Crippen molar-refractivity contribution in [3.8, 4) is 0 Å². The summed E-state index contributed by atoms with van der Waals surface area (Å²) in [5, 5.41) is 2.32. The normalized spacial score (nSPS) is 10.8. The van der Waals surface area contributed by atoms with Crippen LogP contribution in [0.1, 0.15) is 31.4 Å². The summed E-state index contributed by atoms with van der Waals surface area (Å²) >= 11 is 1.34. The minimum absolute atomic E-state index is 0.112. The average molecular weight is 403 g/mol. The molecule has 4 rings (SSSR count). The maximum absolute atomic E-state index is 13.0. The Hall–Kier alpha value is -3.58. The highest BCUT2D eigenvalue weighted by Gasteiger charge is 2.21. The van der Waals surface area contributed by atoms with Crippen molar-refractivity contribution in [2.24, 2.45) is 0 Å². The molecule has 6 nitrogen and oxygen atoms in total. The summed E-state index contributed by atoms with van der Waals surface area (Å²) in [4.78, 5) is 47.3. The second-order valence-electron chi connectivity index (χ2n) is 6.54. The van der Waals surface area contributed by atoms with Gasteiger partial charge in [-0.3, -0.25) is 14.4 Å². The monoisotopic (exact) mass is 403 g/mol. The number of carbonyl (C=O) groups is 2. The van der Waals surface area contributed by atoms with Crippen molar-refractivity contribution in [2.75, 3.05) is 7.05 Å². The van der Waals surface area contributed by atoms with E-state index < -0.39 is 0 Å². The van der Waals surface area contributed by atoms with Gasteiger partial charge in [-0.15, -0.1) is 11.3 Å². The van der Waals surface area contributed by atoms with Crippen molar-refractivity contribution < 1.29 is 9.59 Å². The van der Waals surface area contributed by atoms with Gasteiger partial charge in [0, 0.05) is 12.6 Å². The number of H-pyrrole nitrogens is 1. The number of thiophene rings is 1. The molecule has 0 atom stereocenters. The Kier molecular flexibility index (Phi) is 5.05. The molecular formula is C22H17N3O3S. The zero-order chi connectivity index (χ0) is 20.4. The molecule has 0 fully saturated rings. The number of amides is 1. The number of para-hydroxylation sites is 1. The Bertz CT molecular complexity index is 1260. The molecule has 0 spiro atoms. The van der Waals surface area contributed by atoms with Crippen molar-refractivity contribution in [1.29, 1.82) is 0 Å². The van der Waals surface area contributed by atoms with Crippen LogP contribution in [0, 0.1) is 0 Å². The van der Waals surface area contributed by atoms with Gasteiger partial charge in [-0.1, -0.05) is 36.4 Å². The van der Waals surface area contributed by atoms with Crippen LogP contribution in [0.4, 0.5) is 0 Å². The molecule has 0 unspecified atom stereocenters. The van der Waals surface area contributed by atoms with Gasteiger partial charge in [-0.25, -0.2) is 4.98 Å². The number of aromatic nitrogens is 2. The van der Waals surface area contributed by atoms with E-state index >= 15 is 0 Å². The van der Waals surface area contributed by atoms with E-state index in [2.05, 4.69) is 9.97 Å². The summed E-state index contributed by atoms with van der Waals surface area (Å²) in [5.41, 5.74) is 0.989. The predicted molar refractivity (Wildman–Crippen MR) is 112 cm³/mol. The summed E-state index contributed by atoms with van der Waals surface area (Å²) in [6.07, 6.45) is 0. The van der Waals surface area contributed by atoms with E-state index in [4.69, 9.17) is 0 Å². The maximum Gasteiger partial charge on any atom is 0.258 e. The zero-order valence-electron chi connectivity index (χ0n) is 15.6. The Morgan fingerprint density at radius 2 is 1.72 bits per heavy atom. The smallest absolute Gasteiger partial charge is 0.258 e. The van der Waals surface area contributed by atoms with Crippen LogP contribution in [0.25, 0.3) is 10.9 Å². The van der Waals surface area contributed by atoms with E-state index in [1.54, 1.807) is 67.7 Å². The van der Waals surface area contributed by atoms with Gasteiger partial charge in [0.05, 0.1) is 27.9 Å². The molecule has 0 aliphatic rings. The Morgan fingerprint density at radius 1 is 1.00 bits per heavy atom. The van der Waals surface area contributed by atoms with Gasteiger partial charge in [0.1, 0.15) is 5.82 Å². The number of nitrogens with zero attached hydrogens (tertiary/aromatic N) is 2. The first-order chi connectivity index (χ1) is 14.0. The molecule has 144 valence electrons. The van der Waals surface area contributed by atoms with E-state index in [9.17, 15) is 14.4 Å². The van der Waals surface area contributed by atoms with Gasteiger partial charge < -0.3 is 9.88 Å². The van der Waals surface area contributed by atoms with Crippen molar-refractivity contribution in [3.05, 3.63) is 98.2 Å². The molecule has 2 heterocycles. The molecule has 1 amide bonds. The molecule has 0 aliphatic heterocycles. The van der Waals surface area contributed by atoms with Crippen molar-refractivity contribution in [1.82, 2.24) is 14.9 Å². The number of hydrogen-bond donors (Lipinski definition) is 1. The molecule has 4 aromatic rings. The number of rotatable bonds is 5. The third kappa shape index (κ3) is 3.72. The Morgan fingerprint density at radius 3 is 2.48 bits per heavy atom. The van der Waals surface area contributed by atoms with Crippen LogP contribution >= 0.6 is 11.3 Å². The number of benzene rings is 2. The lowest BCUT2D eigenvalue weighted by Crippen LogP contribution is -2.29. The highest BCUT2D eigenvalue weighted by molar-refractivity contribution is 7.12. The summed E-state index contributed by atoms with van der Waals surface area (Å²) in [7, 11) is 1.61. The minimum atomic E-state index is -0.318. The number of carbonyl (C=O) groups excluding carboxylic acids is 2. The third-order valence-corrected chi connectivity index (χ3v) is 5.41. The lowest BCUT2D eigenvalue weighted by molar-refractivity contribution is 0.0777. The first kappa shape index (κ1) is 18.8. The summed E-state index contributed by atoms with van der Waals surface area (Å²) in [6.45, 7) is 0.112. The zero-order valence-corrected chi connectivity index (χ0v) is 16.4. The largest absolute Gasteiger partial charge is 0.334 e. The minimum Gasteiger partial charge on any atom is -0.334 e. The topological polar surface area (TPSA) is 83.1 Å². The number of hydrogen-bond acceptors (Lipinski definition) is 5. The fourth-order valence-corrected chi connectivity index (χ4v) is 3.80. The molecule has 0 aliphatic carbocycles. The number of ketones is 1. The predicted octanol–water partition coefficient (Wildman–Crippen LogP) is 3.49. The number of fused-ring (bicyclic) bond motifs is 1. The van der Waals surface area contributed by atoms with Crippen LogP contribution in [0.15, 0.2) is 70.8 Å². The second-order valence-corrected chi connectivity index (χ2v) is 7.49. The van der Waals surface area contributed by atoms with E-state index in [0.717, 1.165) is 0 Å². The molecule has 0 saturated heterocycles. The molecule has 2 aromatic carbocycles. The number of aromatic amines is 1. The average Bonchev–Trinajstić information content (AvgIpc) is 3.27. The van der Waals surface area contributed by atoms with Crippen LogP contribution in [0.3, 0.4) is 0 Å². The van der Waals surface area contributed by atoms with Crippen molar-refractivity contribution in [2.45, 2.75) is 6.54 Å². The van der Waals surface area contributed by atoms with E-state index in [-0.39, 0.29) is 23.8 Å². The lowest BCUT2D eigenvalue weighted by Gasteiger charge is -2.18. The van der Waals surface area contributed by atoms with Gasteiger partial charge >= 0.3 is 0 Å². The fourth-order valence-electron chi connectivity index (χ4n) is 3.12. The van der Waals surface area contributed by atoms with E-state index in [1.807, 2.05) is 5.38 Å². The molecule has 7 heteroatoms. The van der Waals surface area contributed by atoms with Crippen molar-refractivity contribution in [3.63, 3.8) is 0 Å². The first-order valence-electron chi connectivity index (χ1n) is 8.95. The SMILES string of the molecule is CN(Cc1nc2ccccc2c(=O)[nH]1)C(=O)c1ccccc1C(=O)c1cccs1. The van der Waals surface area contributed by atoms with Gasteiger partial charge in [0.2, 0.25) is 5.78 Å². The number of nitrogens with one attached hydrogen (secondary N) is 1. The maximum atomic E-state index is 13.0. The van der Waals surface area contributed by atoms with Crippen LogP contribution in [-0.2, 0) is 6.54 Å². The molecule has 0 radical (unpaired) electrons. The Labute approximate surface area is 170 Å². The van der Waals surface area contributed by atoms with Gasteiger partial charge in [0.15, 0.2) is 0 Å². The molecule has 0 saturated carbocycles. The summed E-state index contributed by atoms with van der Waals surface area (Å²) in [6, 6.07) is 17.3. The van der Waals surface area contributed by atoms with Crippen LogP contribution in [-0.4, -0.2) is 33.6 Å². The van der Waals surface area contributed by atoms with Crippen LogP contribution < -0.4 is 5.56 Å². The van der Waals surface area contributed by atoms with E-state index in [0.29, 0.717) is 32.7 Å². The quantitative estimate of drug-likeness (QED) is 0.517. The second kappa shape index (κ2) is 7.81. The highest BCUT2D eigenvalue weighted by Crippen LogP contribution is 2.20. The molecule has 29 heavy (non-hydrogen) atoms. The summed E-state index contributed by atoms with van der Waals surface area (Å²) < 4.78 is 0. The Balaban J connectivity index is 1.62. The van der Waals surface area contributed by atoms with Crippen molar-refractivity contribution >= 4 is 33.9 Å². The molecule has 2 aromatic heterocycles. The third-order valence-electron chi connectivity index (χ3n) is 4.54. The summed E-state index contributed by atoms with van der Waals surface area (Å²) in [5.74, 6) is -0.123. The molecule has 1 N–H and O–H groups in total. The van der Waals surface area contributed by atoms with E-state index in [1.165, 1.54) is 16.2 Å². The highest BCUT2D eigenvalue weighted by atomic mass is 32.1. The first-order valence-corrected chi connectivity index (χ1v) is 9.83. The van der Waals surface area contributed by atoms with Gasteiger partial charge in [-0.05, 0) is 29.6 Å². The van der Waals surface area contributed by atoms with Gasteiger partial charge in [-0.2, -0.15) is 0 Å².